The maximum atomic E-state index is 12.2. The van der Waals surface area contributed by atoms with Crippen molar-refractivity contribution in [3.8, 4) is 0 Å². The van der Waals surface area contributed by atoms with Gasteiger partial charge in [0, 0.05) is 31.9 Å². The number of piperidine rings is 1. The molecule has 0 aromatic carbocycles. The highest BCUT2D eigenvalue weighted by Crippen LogP contribution is 2.21. The standard InChI is InChI=1S/C18H22N6OS/c1-12-10-15(22-18(19-12)24-7-4-3-5-8-24)23(2)11-14-20-13-6-9-26-16(13)17(25)21-14/h6,9-10H,3-5,7-8,11H2,1-2H3,(H,20,21,25). The van der Waals surface area contributed by atoms with Crippen LogP contribution in [0.2, 0.25) is 0 Å². The summed E-state index contributed by atoms with van der Waals surface area (Å²) in [7, 11) is 1.96. The van der Waals surface area contributed by atoms with E-state index in [-0.39, 0.29) is 5.56 Å². The van der Waals surface area contributed by atoms with Crippen LogP contribution >= 0.6 is 11.3 Å². The molecule has 8 heteroatoms. The molecule has 4 heterocycles. The van der Waals surface area contributed by atoms with E-state index in [1.165, 1.54) is 30.6 Å². The molecule has 3 aromatic rings. The highest BCUT2D eigenvalue weighted by atomic mass is 32.1. The molecule has 0 unspecified atom stereocenters. The Morgan fingerprint density at radius 2 is 2.04 bits per heavy atom. The van der Waals surface area contributed by atoms with E-state index in [2.05, 4.69) is 19.9 Å². The van der Waals surface area contributed by atoms with Crippen LogP contribution in [0.25, 0.3) is 10.2 Å². The van der Waals surface area contributed by atoms with Crippen LogP contribution < -0.4 is 15.4 Å². The molecule has 1 N–H and O–H groups in total. The summed E-state index contributed by atoms with van der Waals surface area (Å²) in [4.78, 5) is 33.2. The zero-order valence-electron chi connectivity index (χ0n) is 15.0. The zero-order valence-corrected chi connectivity index (χ0v) is 15.8. The average molecular weight is 370 g/mol. The van der Waals surface area contributed by atoms with Gasteiger partial charge in [-0.05, 0) is 37.6 Å². The molecule has 0 radical (unpaired) electrons. The third kappa shape index (κ3) is 3.41. The molecule has 1 fully saturated rings. The number of aryl methyl sites for hydroxylation is 1. The first kappa shape index (κ1) is 17.0. The number of aromatic nitrogens is 4. The van der Waals surface area contributed by atoms with E-state index < -0.39 is 0 Å². The summed E-state index contributed by atoms with van der Waals surface area (Å²) in [5.74, 6) is 2.27. The molecule has 0 spiro atoms. The molecule has 0 amide bonds. The number of aromatic amines is 1. The molecule has 136 valence electrons. The van der Waals surface area contributed by atoms with Crippen molar-refractivity contribution >= 4 is 33.3 Å². The van der Waals surface area contributed by atoms with Gasteiger partial charge in [-0.25, -0.2) is 9.97 Å². The van der Waals surface area contributed by atoms with E-state index in [0.29, 0.717) is 17.1 Å². The quantitative estimate of drug-likeness (QED) is 0.761. The molecule has 0 saturated carbocycles. The topological polar surface area (TPSA) is 78.0 Å². The number of nitrogens with one attached hydrogen (secondary N) is 1. The number of rotatable bonds is 4. The van der Waals surface area contributed by atoms with Gasteiger partial charge in [0.05, 0.1) is 12.1 Å². The van der Waals surface area contributed by atoms with Gasteiger partial charge in [-0.3, -0.25) is 4.79 Å². The lowest BCUT2D eigenvalue weighted by atomic mass is 10.1. The largest absolute Gasteiger partial charge is 0.352 e. The SMILES string of the molecule is Cc1cc(N(C)Cc2nc3ccsc3c(=O)[nH]2)nc(N2CCCCC2)n1. The van der Waals surface area contributed by atoms with Gasteiger partial charge in [0.1, 0.15) is 16.3 Å². The van der Waals surface area contributed by atoms with Crippen LogP contribution in [0.1, 0.15) is 30.8 Å². The highest BCUT2D eigenvalue weighted by Gasteiger charge is 2.16. The molecule has 4 rings (SSSR count). The second kappa shape index (κ2) is 7.03. The molecular weight excluding hydrogens is 348 g/mol. The Morgan fingerprint density at radius 3 is 2.85 bits per heavy atom. The fourth-order valence-corrected chi connectivity index (χ4v) is 4.00. The van der Waals surface area contributed by atoms with Gasteiger partial charge in [-0.15, -0.1) is 11.3 Å². The summed E-state index contributed by atoms with van der Waals surface area (Å²) in [6.07, 6.45) is 3.65. The smallest absolute Gasteiger partial charge is 0.268 e. The predicted molar refractivity (Wildman–Crippen MR) is 105 cm³/mol. The van der Waals surface area contributed by atoms with E-state index in [0.717, 1.165) is 36.1 Å². The zero-order chi connectivity index (χ0) is 18.1. The summed E-state index contributed by atoms with van der Waals surface area (Å²) >= 11 is 1.41. The molecule has 0 atom stereocenters. The number of thiophene rings is 1. The number of hydrogen-bond donors (Lipinski definition) is 1. The number of anilines is 2. The Hall–Kier alpha value is -2.48. The van der Waals surface area contributed by atoms with Crippen molar-refractivity contribution < 1.29 is 0 Å². The Bertz CT molecular complexity index is 975. The Balaban J connectivity index is 1.59. The summed E-state index contributed by atoms with van der Waals surface area (Å²) < 4.78 is 0.668. The molecular formula is C18H22N6OS. The Morgan fingerprint density at radius 1 is 1.23 bits per heavy atom. The maximum Gasteiger partial charge on any atom is 0.268 e. The van der Waals surface area contributed by atoms with E-state index in [9.17, 15) is 4.79 Å². The van der Waals surface area contributed by atoms with Crippen LogP contribution in [0.3, 0.4) is 0 Å². The summed E-state index contributed by atoms with van der Waals surface area (Å²) in [6, 6.07) is 3.84. The fraction of sp³-hybridized carbons (Fsp3) is 0.444. The molecule has 3 aromatic heterocycles. The second-order valence-electron chi connectivity index (χ2n) is 6.72. The number of nitrogens with zero attached hydrogens (tertiary/aromatic N) is 5. The van der Waals surface area contributed by atoms with E-state index >= 15 is 0 Å². The van der Waals surface area contributed by atoms with Crippen LogP contribution in [0.15, 0.2) is 22.3 Å². The minimum absolute atomic E-state index is 0.0822. The molecule has 0 aliphatic carbocycles. The minimum atomic E-state index is -0.0822. The number of hydrogen-bond acceptors (Lipinski definition) is 7. The maximum absolute atomic E-state index is 12.2. The van der Waals surface area contributed by atoms with Crippen LogP contribution in [0.4, 0.5) is 11.8 Å². The lowest BCUT2D eigenvalue weighted by Crippen LogP contribution is -2.32. The van der Waals surface area contributed by atoms with Gasteiger partial charge < -0.3 is 14.8 Å². The van der Waals surface area contributed by atoms with Gasteiger partial charge in [-0.2, -0.15) is 4.98 Å². The molecule has 7 nitrogen and oxygen atoms in total. The van der Waals surface area contributed by atoms with Gasteiger partial charge >= 0.3 is 0 Å². The molecule has 1 saturated heterocycles. The lowest BCUT2D eigenvalue weighted by Gasteiger charge is -2.28. The van der Waals surface area contributed by atoms with E-state index in [4.69, 9.17) is 4.98 Å². The van der Waals surface area contributed by atoms with Crippen molar-refractivity contribution in [2.24, 2.45) is 0 Å². The van der Waals surface area contributed by atoms with Crippen LogP contribution in [0, 0.1) is 6.92 Å². The Kier molecular flexibility index (Phi) is 4.58. The molecule has 26 heavy (non-hydrogen) atoms. The first-order chi connectivity index (χ1) is 12.6. The normalized spacial score (nSPS) is 14.8. The van der Waals surface area contributed by atoms with Crippen molar-refractivity contribution in [2.45, 2.75) is 32.7 Å². The van der Waals surface area contributed by atoms with E-state index in [1.807, 2.05) is 36.4 Å². The van der Waals surface area contributed by atoms with Crippen molar-refractivity contribution in [3.05, 3.63) is 39.4 Å². The third-order valence-corrected chi connectivity index (χ3v) is 5.51. The van der Waals surface area contributed by atoms with Crippen LogP contribution in [0.5, 0.6) is 0 Å². The highest BCUT2D eigenvalue weighted by molar-refractivity contribution is 7.17. The van der Waals surface area contributed by atoms with Crippen molar-refractivity contribution in [1.29, 1.82) is 0 Å². The summed E-state index contributed by atoms with van der Waals surface area (Å²) in [6.45, 7) is 4.49. The average Bonchev–Trinajstić information content (AvgIpc) is 3.11. The van der Waals surface area contributed by atoms with Crippen LogP contribution in [-0.4, -0.2) is 40.1 Å². The van der Waals surface area contributed by atoms with Crippen molar-refractivity contribution in [1.82, 2.24) is 19.9 Å². The Labute approximate surface area is 155 Å². The summed E-state index contributed by atoms with van der Waals surface area (Å²) in [5.41, 5.74) is 1.61. The number of H-pyrrole nitrogens is 1. The predicted octanol–water partition coefficient (Wildman–Crippen LogP) is 2.71. The molecule has 0 bridgehead atoms. The van der Waals surface area contributed by atoms with Crippen molar-refractivity contribution in [2.75, 3.05) is 29.9 Å². The second-order valence-corrected chi connectivity index (χ2v) is 7.63. The van der Waals surface area contributed by atoms with Gasteiger partial charge in [0.2, 0.25) is 5.95 Å². The molecule has 1 aliphatic heterocycles. The summed E-state index contributed by atoms with van der Waals surface area (Å²) in [5, 5.41) is 1.89. The fourth-order valence-electron chi connectivity index (χ4n) is 3.27. The third-order valence-electron chi connectivity index (χ3n) is 4.61. The lowest BCUT2D eigenvalue weighted by molar-refractivity contribution is 0.567. The van der Waals surface area contributed by atoms with Crippen LogP contribution in [-0.2, 0) is 6.54 Å². The van der Waals surface area contributed by atoms with Gasteiger partial charge in [-0.1, -0.05) is 0 Å². The first-order valence-electron chi connectivity index (χ1n) is 8.88. The number of fused-ring (bicyclic) bond motifs is 1. The monoisotopic (exact) mass is 370 g/mol. The van der Waals surface area contributed by atoms with Gasteiger partial charge in [0.25, 0.3) is 5.56 Å². The first-order valence-corrected chi connectivity index (χ1v) is 9.76. The van der Waals surface area contributed by atoms with E-state index in [1.54, 1.807) is 0 Å². The van der Waals surface area contributed by atoms with Gasteiger partial charge in [0.15, 0.2) is 0 Å². The van der Waals surface area contributed by atoms with Crippen molar-refractivity contribution in [3.63, 3.8) is 0 Å². The minimum Gasteiger partial charge on any atom is -0.352 e. The molecule has 1 aliphatic rings.